The summed E-state index contributed by atoms with van der Waals surface area (Å²) in [6.07, 6.45) is 4.05. The molecule has 0 aliphatic carbocycles. The molecule has 0 saturated carbocycles. The van der Waals surface area contributed by atoms with E-state index in [9.17, 15) is 36.0 Å². The van der Waals surface area contributed by atoms with Crippen molar-refractivity contribution in [2.45, 2.75) is 193 Å². The van der Waals surface area contributed by atoms with Crippen LogP contribution in [0.4, 0.5) is 35.7 Å². The highest BCUT2D eigenvalue weighted by Crippen LogP contribution is 2.38. The van der Waals surface area contributed by atoms with E-state index in [1.807, 2.05) is 41.5 Å². The van der Waals surface area contributed by atoms with Gasteiger partial charge in [0.1, 0.15) is 11.2 Å². The van der Waals surface area contributed by atoms with Gasteiger partial charge in [0.05, 0.1) is 31.8 Å². The van der Waals surface area contributed by atoms with E-state index in [0.29, 0.717) is 49.3 Å². The molecule has 2 saturated heterocycles. The molecule has 2 aromatic heterocycles. The Bertz CT molecular complexity index is 2980. The van der Waals surface area contributed by atoms with E-state index < -0.39 is 60.6 Å². The molecule has 452 valence electrons. The summed E-state index contributed by atoms with van der Waals surface area (Å²) in [6.45, 7) is 31.9. The van der Waals surface area contributed by atoms with Gasteiger partial charge in [-0.3, -0.25) is 10.6 Å². The van der Waals surface area contributed by atoms with Crippen LogP contribution < -0.4 is 40.9 Å². The van der Waals surface area contributed by atoms with Crippen molar-refractivity contribution in [1.29, 1.82) is 0 Å². The number of amides is 4. The van der Waals surface area contributed by atoms with Gasteiger partial charge in [0.2, 0.25) is 20.0 Å². The maximum atomic E-state index is 13.5. The lowest BCUT2D eigenvalue weighted by Gasteiger charge is -2.32. The fourth-order valence-corrected chi connectivity index (χ4v) is 13.5. The Morgan fingerprint density at radius 3 is 1.37 bits per heavy atom. The first-order valence-corrected chi connectivity index (χ1v) is 32.0. The predicted molar refractivity (Wildman–Crippen MR) is 323 cm³/mol. The van der Waals surface area contributed by atoms with Gasteiger partial charge in [-0.25, -0.2) is 55.4 Å². The first-order chi connectivity index (χ1) is 37.3. The standard InChI is InChI=1S/C27H41N5O6S2.C17H22BrN3O4S2.C10H20N2O2/c1-17(2)37-24(33)30-19-9-10-20(22(15-19)40(35,36)31-26(3,4)5)21-16-28-23(39-21)32-13-11-18(12-14-32)29-25(34)38-27(6,7)8;1-10(2)25-16(22)20-11-6-7-12(13-9-19-15(18)26-13)14(8-11)27(23,24)21-17(3,4)5;1-10(2,3)14-9(13)12-8-4-6-11-7-5-8/h9-10,15-18,31H,11-14H2,1-8H3,(H,29,34)(H,30,33);6-10,21H,1-5H3,(H,20,22);8,11H,4-7H2,1-3H3,(H,12,13). The maximum absolute atomic E-state index is 13.5. The highest BCUT2D eigenvalue weighted by molar-refractivity contribution is 9.11. The number of aromatic nitrogens is 2. The number of piperidine rings is 2. The summed E-state index contributed by atoms with van der Waals surface area (Å²) in [5, 5.41) is 15.0. The number of anilines is 3. The highest BCUT2D eigenvalue weighted by atomic mass is 79.9. The number of hydrogen-bond acceptors (Lipinski definition) is 18. The van der Waals surface area contributed by atoms with Crippen LogP contribution in [0, 0.1) is 0 Å². The van der Waals surface area contributed by atoms with Crippen molar-refractivity contribution in [1.82, 2.24) is 35.4 Å². The van der Waals surface area contributed by atoms with Gasteiger partial charge in [0, 0.05) is 71.1 Å². The van der Waals surface area contributed by atoms with Crippen LogP contribution in [0.5, 0.6) is 0 Å². The van der Waals surface area contributed by atoms with Crippen molar-refractivity contribution in [2.24, 2.45) is 0 Å². The van der Waals surface area contributed by atoms with E-state index in [2.05, 4.69) is 66.8 Å². The minimum absolute atomic E-state index is 0.00757. The number of nitrogens with one attached hydrogen (secondary N) is 7. The largest absolute Gasteiger partial charge is 0.447 e. The highest BCUT2D eigenvalue weighted by Gasteiger charge is 2.30. The maximum Gasteiger partial charge on any atom is 0.411 e. The van der Waals surface area contributed by atoms with Crippen molar-refractivity contribution in [3.8, 4) is 20.9 Å². The molecule has 27 heteroatoms. The SMILES string of the molecule is CC(C)(C)OC(=O)NC1CCNCC1.CC(C)OC(=O)Nc1ccc(-c2cnc(Br)s2)c(S(=O)(=O)NC(C)(C)C)c1.CC(C)OC(=O)Nc1ccc(-c2cnc(N3CCC(NC(=O)OC(C)(C)C)CC3)s2)c(S(=O)(=O)NC(C)(C)C)c1. The van der Waals surface area contributed by atoms with E-state index >= 15 is 0 Å². The summed E-state index contributed by atoms with van der Waals surface area (Å²) in [6, 6.07) is 9.69. The number of benzene rings is 2. The number of nitrogens with zero attached hydrogens (tertiary/aromatic N) is 3. The third kappa shape index (κ3) is 24.7. The second-order valence-corrected chi connectivity index (χ2v) is 30.5. The predicted octanol–water partition coefficient (Wildman–Crippen LogP) is 11.2. The van der Waals surface area contributed by atoms with Gasteiger partial charge in [-0.15, -0.1) is 11.3 Å². The lowest BCUT2D eigenvalue weighted by Crippen LogP contribution is -2.46. The topological polar surface area (TPSA) is 287 Å². The molecule has 2 aliphatic heterocycles. The Balaban J connectivity index is 0.000000294. The Morgan fingerprint density at radius 2 is 1.00 bits per heavy atom. The van der Waals surface area contributed by atoms with E-state index in [1.54, 1.807) is 106 Å². The number of thiazole rings is 2. The third-order valence-electron chi connectivity index (χ3n) is 10.6. The van der Waals surface area contributed by atoms with Crippen LogP contribution in [0.3, 0.4) is 0 Å². The molecular formula is C54H83BrN10O12S4. The molecule has 22 nitrogen and oxygen atoms in total. The second-order valence-electron chi connectivity index (χ2n) is 23.9. The Kier molecular flexibility index (Phi) is 24.4. The molecule has 0 bridgehead atoms. The summed E-state index contributed by atoms with van der Waals surface area (Å²) >= 11 is 6.00. The van der Waals surface area contributed by atoms with Crippen LogP contribution in [0.2, 0.25) is 0 Å². The van der Waals surface area contributed by atoms with Crippen molar-refractivity contribution in [3.63, 3.8) is 0 Å². The van der Waals surface area contributed by atoms with Crippen molar-refractivity contribution in [3.05, 3.63) is 52.7 Å². The molecular weight excluding hydrogens is 1190 g/mol. The number of rotatable bonds is 13. The zero-order valence-electron chi connectivity index (χ0n) is 49.3. The number of alkyl carbamates (subject to hydrolysis) is 2. The number of halogens is 1. The average Bonchev–Trinajstić information content (AvgIpc) is 3.96. The Hall–Kier alpha value is -5.16. The molecule has 0 radical (unpaired) electrons. The Labute approximate surface area is 495 Å². The molecule has 4 aromatic rings. The van der Waals surface area contributed by atoms with Crippen molar-refractivity contribution < 1.29 is 55.0 Å². The van der Waals surface area contributed by atoms with Crippen molar-refractivity contribution in [2.75, 3.05) is 41.7 Å². The summed E-state index contributed by atoms with van der Waals surface area (Å²) in [5.74, 6) is 0. The zero-order chi connectivity index (χ0) is 60.9. The molecule has 4 amide bonds. The van der Waals surface area contributed by atoms with E-state index in [-0.39, 0.29) is 40.2 Å². The Morgan fingerprint density at radius 1 is 0.605 bits per heavy atom. The number of hydrogen-bond donors (Lipinski definition) is 7. The molecule has 0 atom stereocenters. The van der Waals surface area contributed by atoms with Crippen LogP contribution in [-0.2, 0) is 39.0 Å². The molecule has 0 spiro atoms. The van der Waals surface area contributed by atoms with Gasteiger partial charge in [-0.05, 0) is 190 Å². The van der Waals surface area contributed by atoms with Gasteiger partial charge in [-0.2, -0.15) is 0 Å². The zero-order valence-corrected chi connectivity index (χ0v) is 54.2. The van der Waals surface area contributed by atoms with Crippen LogP contribution in [0.1, 0.15) is 136 Å². The van der Waals surface area contributed by atoms with E-state index in [0.717, 1.165) is 43.9 Å². The lowest BCUT2D eigenvalue weighted by atomic mass is 10.1. The molecule has 7 N–H and O–H groups in total. The van der Waals surface area contributed by atoms with Crippen molar-refractivity contribution >= 4 is 99.5 Å². The van der Waals surface area contributed by atoms with Crippen LogP contribution >= 0.6 is 38.6 Å². The van der Waals surface area contributed by atoms with Crippen LogP contribution in [0.15, 0.2) is 62.5 Å². The van der Waals surface area contributed by atoms with Gasteiger partial charge in [0.25, 0.3) is 0 Å². The van der Waals surface area contributed by atoms with Gasteiger partial charge < -0.3 is 39.8 Å². The molecule has 6 rings (SSSR count). The first-order valence-electron chi connectivity index (χ1n) is 26.6. The van der Waals surface area contributed by atoms with Crippen LogP contribution in [-0.4, -0.2) is 124 Å². The monoisotopic (exact) mass is 1270 g/mol. The van der Waals surface area contributed by atoms with E-state index in [1.165, 1.54) is 34.8 Å². The summed E-state index contributed by atoms with van der Waals surface area (Å²) < 4.78 is 79.6. The normalized spacial score (nSPS) is 14.9. The fourth-order valence-electron chi connectivity index (χ4n) is 7.73. The van der Waals surface area contributed by atoms with Crippen LogP contribution in [0.25, 0.3) is 20.9 Å². The minimum atomic E-state index is -3.95. The third-order valence-corrected chi connectivity index (χ3v) is 16.8. The molecule has 2 aromatic carbocycles. The van der Waals surface area contributed by atoms with Gasteiger partial charge in [-0.1, -0.05) is 23.5 Å². The fraction of sp³-hybridized carbons (Fsp3) is 0.593. The number of sulfonamides is 2. The van der Waals surface area contributed by atoms with Gasteiger partial charge >= 0.3 is 24.4 Å². The summed E-state index contributed by atoms with van der Waals surface area (Å²) in [4.78, 5) is 59.8. The average molecular weight is 1270 g/mol. The molecule has 2 fully saturated rings. The molecule has 0 unspecified atom stereocenters. The number of carbonyl (C=O) groups excluding carboxylic acids is 4. The second kappa shape index (κ2) is 28.9. The smallest absolute Gasteiger partial charge is 0.411 e. The first kappa shape index (κ1) is 68.3. The lowest BCUT2D eigenvalue weighted by molar-refractivity contribution is 0.0484. The van der Waals surface area contributed by atoms with E-state index in [4.69, 9.17) is 18.9 Å². The molecule has 81 heavy (non-hydrogen) atoms. The molecule has 4 heterocycles. The minimum Gasteiger partial charge on any atom is -0.447 e. The molecule has 2 aliphatic rings. The number of ether oxygens (including phenoxy) is 4. The number of carbonyl (C=O) groups is 4. The van der Waals surface area contributed by atoms with Gasteiger partial charge in [0.15, 0.2) is 9.05 Å². The summed E-state index contributed by atoms with van der Waals surface area (Å²) in [5.41, 5.74) is -0.742. The summed E-state index contributed by atoms with van der Waals surface area (Å²) in [7, 11) is -7.80. The quantitative estimate of drug-likeness (QED) is 0.0613.